The topological polar surface area (TPSA) is 65.0 Å². The van der Waals surface area contributed by atoms with Gasteiger partial charge in [0.1, 0.15) is 0 Å². The molecule has 1 atom stereocenters. The van der Waals surface area contributed by atoms with Crippen LogP contribution in [0, 0.1) is 0 Å². The molecule has 1 rings (SSSR count). The second-order valence-corrected chi connectivity index (χ2v) is 4.80. The maximum Gasteiger partial charge on any atom is 0.339 e. The summed E-state index contributed by atoms with van der Waals surface area (Å²) in [7, 11) is 2.96. The molecular formula is C14H19BrO5. The molecule has 0 aromatic heterocycles. The molecule has 20 heavy (non-hydrogen) atoms. The van der Waals surface area contributed by atoms with Crippen molar-refractivity contribution in [3.63, 3.8) is 0 Å². The summed E-state index contributed by atoms with van der Waals surface area (Å²) >= 11 is 3.41. The summed E-state index contributed by atoms with van der Waals surface area (Å²) < 4.78 is 16.0. The summed E-state index contributed by atoms with van der Waals surface area (Å²) in [6.07, 6.45) is -0.719. The minimum atomic E-state index is -1.43. The molecule has 0 bridgehead atoms. The van der Waals surface area contributed by atoms with Crippen LogP contribution in [-0.2, 0) is 16.0 Å². The van der Waals surface area contributed by atoms with Gasteiger partial charge in [0.05, 0.1) is 26.4 Å². The monoisotopic (exact) mass is 346 g/mol. The smallest absolute Gasteiger partial charge is 0.339 e. The van der Waals surface area contributed by atoms with Crippen LogP contribution in [0.3, 0.4) is 0 Å². The minimum Gasteiger partial charge on any atom is -0.493 e. The first-order chi connectivity index (χ1) is 9.51. The van der Waals surface area contributed by atoms with Gasteiger partial charge in [-0.1, -0.05) is 6.92 Å². The van der Waals surface area contributed by atoms with Gasteiger partial charge in [-0.3, -0.25) is 0 Å². The maximum absolute atomic E-state index is 11.8. The van der Waals surface area contributed by atoms with Gasteiger partial charge in [-0.25, -0.2) is 4.79 Å². The van der Waals surface area contributed by atoms with Crippen molar-refractivity contribution < 1.29 is 24.1 Å². The third-order valence-electron chi connectivity index (χ3n) is 2.88. The highest BCUT2D eigenvalue weighted by Gasteiger charge is 2.29. The van der Waals surface area contributed by atoms with E-state index in [0.29, 0.717) is 28.0 Å². The minimum absolute atomic E-state index is 0.195. The van der Waals surface area contributed by atoms with E-state index in [1.165, 1.54) is 14.2 Å². The molecule has 5 nitrogen and oxygen atoms in total. The highest BCUT2D eigenvalue weighted by atomic mass is 79.9. The fraction of sp³-hybridized carbons (Fsp3) is 0.500. The molecule has 0 aliphatic carbocycles. The van der Waals surface area contributed by atoms with Gasteiger partial charge < -0.3 is 19.3 Å². The average molecular weight is 347 g/mol. The van der Waals surface area contributed by atoms with Crippen molar-refractivity contribution in [2.75, 3.05) is 20.8 Å². The Morgan fingerprint density at radius 1 is 1.35 bits per heavy atom. The summed E-state index contributed by atoms with van der Waals surface area (Å²) in [4.78, 5) is 11.8. The van der Waals surface area contributed by atoms with Gasteiger partial charge in [0, 0.05) is 4.47 Å². The van der Waals surface area contributed by atoms with Crippen LogP contribution < -0.4 is 9.47 Å². The molecule has 0 amide bonds. The Morgan fingerprint density at radius 2 is 2.00 bits per heavy atom. The summed E-state index contributed by atoms with van der Waals surface area (Å²) in [5, 5.41) is 10.2. The standard InChI is InChI=1S/C14H19BrO5/c1-5-8-7-9(18-3)13(19-4)10(11(8)15)12(16)14(17)20-6-2/h7,12,16H,5-6H2,1-4H3. The largest absolute Gasteiger partial charge is 0.493 e. The Labute approximate surface area is 127 Å². The van der Waals surface area contributed by atoms with Crippen molar-refractivity contribution in [3.8, 4) is 11.5 Å². The fourth-order valence-electron chi connectivity index (χ4n) is 1.90. The molecule has 1 N–H and O–H groups in total. The Morgan fingerprint density at radius 3 is 2.45 bits per heavy atom. The number of ether oxygens (including phenoxy) is 3. The van der Waals surface area contributed by atoms with Crippen molar-refractivity contribution in [1.29, 1.82) is 0 Å². The summed E-state index contributed by atoms with van der Waals surface area (Å²) in [6.45, 7) is 3.84. The number of benzene rings is 1. The zero-order chi connectivity index (χ0) is 15.3. The number of carbonyl (C=O) groups excluding carboxylic acids is 1. The molecule has 1 aromatic rings. The summed E-state index contributed by atoms with van der Waals surface area (Å²) in [5.74, 6) is 0.0600. The van der Waals surface area contributed by atoms with Crippen molar-refractivity contribution in [2.45, 2.75) is 26.4 Å². The summed E-state index contributed by atoms with van der Waals surface area (Å²) in [6, 6.07) is 1.81. The molecule has 0 radical (unpaired) electrons. The van der Waals surface area contributed by atoms with Crippen molar-refractivity contribution in [3.05, 3.63) is 21.7 Å². The first-order valence-corrected chi connectivity index (χ1v) is 7.08. The number of esters is 1. The molecule has 0 spiro atoms. The molecular weight excluding hydrogens is 328 g/mol. The lowest BCUT2D eigenvalue weighted by molar-refractivity contribution is -0.153. The van der Waals surface area contributed by atoms with Gasteiger partial charge in [-0.05, 0) is 40.9 Å². The lowest BCUT2D eigenvalue weighted by Crippen LogP contribution is -2.17. The van der Waals surface area contributed by atoms with E-state index in [1.54, 1.807) is 6.92 Å². The van der Waals surface area contributed by atoms with Gasteiger partial charge in [0.15, 0.2) is 17.6 Å². The fourth-order valence-corrected chi connectivity index (χ4v) is 2.69. The zero-order valence-electron chi connectivity index (χ0n) is 12.0. The van der Waals surface area contributed by atoms with Gasteiger partial charge >= 0.3 is 5.97 Å². The van der Waals surface area contributed by atoms with Crippen LogP contribution in [0.5, 0.6) is 11.5 Å². The predicted octanol–water partition coefficient (Wildman–Crippen LogP) is 2.63. The van der Waals surface area contributed by atoms with Gasteiger partial charge in [0.2, 0.25) is 0 Å². The molecule has 0 fully saturated rings. The number of carbonyl (C=O) groups is 1. The number of hydrogen-bond donors (Lipinski definition) is 1. The Balaban J connectivity index is 3.44. The molecule has 1 unspecified atom stereocenters. The first-order valence-electron chi connectivity index (χ1n) is 6.29. The number of hydrogen-bond acceptors (Lipinski definition) is 5. The van der Waals surface area contributed by atoms with E-state index >= 15 is 0 Å². The average Bonchev–Trinajstić information content (AvgIpc) is 2.46. The van der Waals surface area contributed by atoms with Gasteiger partial charge in [-0.15, -0.1) is 0 Å². The van der Waals surface area contributed by atoms with E-state index < -0.39 is 12.1 Å². The number of aryl methyl sites for hydroxylation is 1. The molecule has 0 saturated heterocycles. The highest BCUT2D eigenvalue weighted by Crippen LogP contribution is 2.42. The number of rotatable bonds is 6. The molecule has 0 aliphatic heterocycles. The lowest BCUT2D eigenvalue weighted by Gasteiger charge is -2.20. The number of aliphatic hydroxyl groups is 1. The van der Waals surface area contributed by atoms with E-state index in [4.69, 9.17) is 14.2 Å². The van der Waals surface area contributed by atoms with E-state index in [9.17, 15) is 9.90 Å². The van der Waals surface area contributed by atoms with Crippen LogP contribution >= 0.6 is 15.9 Å². The Bertz CT molecular complexity index is 487. The van der Waals surface area contributed by atoms with Crippen LogP contribution in [-0.4, -0.2) is 31.9 Å². The number of halogens is 1. The Kier molecular flexibility index (Phi) is 6.29. The van der Waals surface area contributed by atoms with E-state index in [0.717, 1.165) is 5.56 Å². The SMILES string of the molecule is CCOC(=O)C(O)c1c(Br)c(CC)cc(OC)c1OC. The molecule has 1 aromatic carbocycles. The van der Waals surface area contributed by atoms with Crippen LogP contribution in [0.25, 0.3) is 0 Å². The molecule has 0 saturated carbocycles. The molecule has 0 heterocycles. The lowest BCUT2D eigenvalue weighted by atomic mass is 10.0. The van der Waals surface area contributed by atoms with Crippen LogP contribution in [0.1, 0.15) is 31.1 Å². The van der Waals surface area contributed by atoms with Gasteiger partial charge in [-0.2, -0.15) is 0 Å². The third kappa shape index (κ3) is 3.24. The molecule has 6 heteroatoms. The highest BCUT2D eigenvalue weighted by molar-refractivity contribution is 9.10. The predicted molar refractivity (Wildman–Crippen MR) is 78.2 cm³/mol. The van der Waals surface area contributed by atoms with E-state index in [1.807, 2.05) is 13.0 Å². The number of methoxy groups -OCH3 is 2. The molecule has 0 aliphatic rings. The Hall–Kier alpha value is -1.27. The molecule has 112 valence electrons. The van der Waals surface area contributed by atoms with Crippen LogP contribution in [0.15, 0.2) is 10.5 Å². The van der Waals surface area contributed by atoms with Gasteiger partial charge in [0.25, 0.3) is 0 Å². The quantitative estimate of drug-likeness (QED) is 0.802. The van der Waals surface area contributed by atoms with Crippen molar-refractivity contribution in [2.24, 2.45) is 0 Å². The van der Waals surface area contributed by atoms with Crippen molar-refractivity contribution in [1.82, 2.24) is 0 Å². The third-order valence-corrected chi connectivity index (χ3v) is 3.82. The second kappa shape index (κ2) is 7.50. The normalized spacial score (nSPS) is 11.9. The summed E-state index contributed by atoms with van der Waals surface area (Å²) in [5.41, 5.74) is 1.23. The number of aliphatic hydroxyl groups excluding tert-OH is 1. The maximum atomic E-state index is 11.8. The van der Waals surface area contributed by atoms with E-state index in [2.05, 4.69) is 15.9 Å². The van der Waals surface area contributed by atoms with Crippen LogP contribution in [0.4, 0.5) is 0 Å². The van der Waals surface area contributed by atoms with E-state index in [-0.39, 0.29) is 6.61 Å². The first kappa shape index (κ1) is 16.8. The van der Waals surface area contributed by atoms with Crippen molar-refractivity contribution >= 4 is 21.9 Å². The second-order valence-electron chi connectivity index (χ2n) is 4.01. The zero-order valence-corrected chi connectivity index (χ0v) is 13.6. The van der Waals surface area contributed by atoms with Crippen LogP contribution in [0.2, 0.25) is 0 Å².